The van der Waals surface area contributed by atoms with Crippen molar-refractivity contribution >= 4 is 57.4 Å². The van der Waals surface area contributed by atoms with Gasteiger partial charge in [0.2, 0.25) is 4.96 Å². The lowest BCUT2D eigenvalue weighted by molar-refractivity contribution is -0.111. The third-order valence-electron chi connectivity index (χ3n) is 3.26. The highest BCUT2D eigenvalue weighted by Crippen LogP contribution is 2.23. The molecular weight excluding hydrogens is 355 g/mol. The molecule has 2 heterocycles. The highest BCUT2D eigenvalue weighted by molar-refractivity contribution is 7.17. The first-order valence-electron chi connectivity index (χ1n) is 6.71. The average molecular weight is 367 g/mol. The number of carbonyl (C=O) groups is 1. The molecule has 0 bridgehead atoms. The number of amides is 1. The van der Waals surface area contributed by atoms with Gasteiger partial charge in [-0.1, -0.05) is 40.6 Å². The molecule has 1 aromatic carbocycles. The van der Waals surface area contributed by atoms with Crippen molar-refractivity contribution in [2.24, 2.45) is 0 Å². The molecule has 0 radical (unpaired) electrons. The van der Waals surface area contributed by atoms with Crippen molar-refractivity contribution < 1.29 is 4.79 Å². The predicted octanol–water partition coefficient (Wildman–Crippen LogP) is 4.37. The fraction of sp³-hybridized carbons (Fsp3) is 0.133. The Morgan fingerprint density at radius 2 is 2.13 bits per heavy atom. The smallest absolute Gasteiger partial charge is 0.250 e. The minimum Gasteiger partial charge on any atom is -0.290 e. The molecule has 0 unspecified atom stereocenters. The van der Waals surface area contributed by atoms with Gasteiger partial charge in [-0.3, -0.25) is 10.1 Å². The van der Waals surface area contributed by atoms with Crippen LogP contribution in [0.25, 0.3) is 11.0 Å². The maximum absolute atomic E-state index is 12.0. The van der Waals surface area contributed by atoms with Gasteiger partial charge in [0.1, 0.15) is 0 Å². The van der Waals surface area contributed by atoms with Crippen molar-refractivity contribution in [3.63, 3.8) is 0 Å². The molecule has 0 spiro atoms. The van der Waals surface area contributed by atoms with Gasteiger partial charge in [-0.15, -0.1) is 5.10 Å². The molecule has 23 heavy (non-hydrogen) atoms. The van der Waals surface area contributed by atoms with Crippen molar-refractivity contribution in [3.05, 3.63) is 50.5 Å². The second-order valence-electron chi connectivity index (χ2n) is 4.86. The van der Waals surface area contributed by atoms with E-state index in [2.05, 4.69) is 15.4 Å². The van der Waals surface area contributed by atoms with Gasteiger partial charge >= 0.3 is 0 Å². The molecule has 5 nitrogen and oxygen atoms in total. The number of nitrogens with one attached hydrogen (secondary N) is 1. The van der Waals surface area contributed by atoms with Crippen LogP contribution in [0.3, 0.4) is 0 Å². The van der Waals surface area contributed by atoms with Crippen LogP contribution in [0, 0.1) is 13.8 Å². The lowest BCUT2D eigenvalue weighted by Gasteiger charge is -1.99. The van der Waals surface area contributed by atoms with Crippen molar-refractivity contribution in [3.8, 4) is 0 Å². The Labute approximate surface area is 146 Å². The molecule has 0 atom stereocenters. The molecule has 2 aromatic heterocycles. The van der Waals surface area contributed by atoms with E-state index in [4.69, 9.17) is 23.2 Å². The fourth-order valence-electron chi connectivity index (χ4n) is 1.95. The largest absolute Gasteiger partial charge is 0.290 e. The van der Waals surface area contributed by atoms with Gasteiger partial charge in [-0.05, 0) is 37.6 Å². The molecular formula is C15H12Cl2N4OS. The Kier molecular flexibility index (Phi) is 4.39. The van der Waals surface area contributed by atoms with Crippen molar-refractivity contribution in [2.75, 3.05) is 5.32 Å². The summed E-state index contributed by atoms with van der Waals surface area (Å²) >= 11 is 13.4. The quantitative estimate of drug-likeness (QED) is 0.700. The van der Waals surface area contributed by atoms with E-state index in [0.29, 0.717) is 15.6 Å². The molecule has 0 saturated heterocycles. The van der Waals surface area contributed by atoms with E-state index in [9.17, 15) is 4.79 Å². The third kappa shape index (κ3) is 3.39. The Bertz CT molecular complexity index is 929. The number of carbonyl (C=O) groups excluding carboxylic acids is 1. The molecule has 118 valence electrons. The van der Waals surface area contributed by atoms with Crippen molar-refractivity contribution in [1.82, 2.24) is 14.6 Å². The summed E-state index contributed by atoms with van der Waals surface area (Å²) in [4.78, 5) is 18.1. The molecule has 1 N–H and O–H groups in total. The summed E-state index contributed by atoms with van der Waals surface area (Å²) in [6.07, 6.45) is 2.99. The highest BCUT2D eigenvalue weighted by Gasteiger charge is 2.11. The Morgan fingerprint density at radius 1 is 1.35 bits per heavy atom. The topological polar surface area (TPSA) is 59.3 Å². The van der Waals surface area contributed by atoms with Gasteiger partial charge in [-0.2, -0.15) is 4.98 Å². The van der Waals surface area contributed by atoms with Crippen LogP contribution in [0.2, 0.25) is 10.0 Å². The van der Waals surface area contributed by atoms with Crippen LogP contribution in [0.5, 0.6) is 0 Å². The number of halogens is 2. The van der Waals surface area contributed by atoms with Crippen LogP contribution in [-0.4, -0.2) is 20.5 Å². The van der Waals surface area contributed by atoms with Gasteiger partial charge in [-0.25, -0.2) is 4.52 Å². The van der Waals surface area contributed by atoms with Crippen LogP contribution < -0.4 is 5.32 Å². The lowest BCUT2D eigenvalue weighted by Crippen LogP contribution is -2.09. The van der Waals surface area contributed by atoms with Gasteiger partial charge in [0.05, 0.1) is 5.69 Å². The van der Waals surface area contributed by atoms with E-state index >= 15 is 0 Å². The summed E-state index contributed by atoms with van der Waals surface area (Å²) in [5.74, 6) is -0.0557. The highest BCUT2D eigenvalue weighted by atomic mass is 35.5. The standard InChI is InChI=1S/C15H12Cl2N4OS/c1-8-9(2)23-15-19-14(20-21(8)15)18-13(22)6-4-10-3-5-11(16)7-12(10)17/h3-7H,1-2H3,(H,18,20,22)/b6-4+. The number of hydrogen-bond donors (Lipinski definition) is 1. The summed E-state index contributed by atoms with van der Waals surface area (Å²) in [5.41, 5.74) is 1.72. The summed E-state index contributed by atoms with van der Waals surface area (Å²) < 4.78 is 1.72. The minimum atomic E-state index is -0.330. The first kappa shape index (κ1) is 16.0. The molecule has 3 aromatic rings. The number of nitrogens with zero attached hydrogens (tertiary/aromatic N) is 3. The first-order valence-corrected chi connectivity index (χ1v) is 8.28. The van der Waals surface area contributed by atoms with Crippen LogP contribution >= 0.6 is 34.5 Å². The third-order valence-corrected chi connectivity index (χ3v) is 4.87. The minimum absolute atomic E-state index is 0.274. The Hall–Kier alpha value is -1.89. The number of anilines is 1. The van der Waals surface area contributed by atoms with E-state index in [1.807, 2.05) is 13.8 Å². The number of thiazole rings is 1. The fourth-order valence-corrected chi connectivity index (χ4v) is 3.33. The maximum Gasteiger partial charge on any atom is 0.250 e. The van der Waals surface area contributed by atoms with Crippen LogP contribution in [0.15, 0.2) is 24.3 Å². The van der Waals surface area contributed by atoms with Gasteiger partial charge in [0, 0.05) is 21.0 Å². The van der Waals surface area contributed by atoms with Crippen LogP contribution in [-0.2, 0) is 4.79 Å². The normalized spacial score (nSPS) is 11.5. The second kappa shape index (κ2) is 6.31. The molecule has 0 aliphatic heterocycles. The van der Waals surface area contributed by atoms with E-state index in [1.165, 1.54) is 17.4 Å². The van der Waals surface area contributed by atoms with Crippen molar-refractivity contribution in [1.29, 1.82) is 0 Å². The molecule has 1 amide bonds. The Balaban J connectivity index is 1.74. The van der Waals surface area contributed by atoms with E-state index in [0.717, 1.165) is 15.5 Å². The van der Waals surface area contributed by atoms with E-state index < -0.39 is 0 Å². The number of rotatable bonds is 3. The SMILES string of the molecule is Cc1sc2nc(NC(=O)/C=C/c3ccc(Cl)cc3Cl)nn2c1C. The molecule has 3 rings (SSSR count). The number of hydrogen-bond acceptors (Lipinski definition) is 4. The summed E-state index contributed by atoms with van der Waals surface area (Å²) in [7, 11) is 0. The monoisotopic (exact) mass is 366 g/mol. The first-order chi connectivity index (χ1) is 10.9. The molecule has 8 heteroatoms. The van der Waals surface area contributed by atoms with E-state index in [1.54, 1.807) is 28.8 Å². The van der Waals surface area contributed by atoms with Gasteiger partial charge in [0.25, 0.3) is 11.9 Å². The zero-order chi connectivity index (χ0) is 16.6. The lowest BCUT2D eigenvalue weighted by atomic mass is 10.2. The average Bonchev–Trinajstić information content (AvgIpc) is 2.98. The summed E-state index contributed by atoms with van der Waals surface area (Å²) in [6.45, 7) is 3.97. The zero-order valence-corrected chi connectivity index (χ0v) is 14.6. The molecule has 0 fully saturated rings. The van der Waals surface area contributed by atoms with Gasteiger partial charge < -0.3 is 0 Å². The van der Waals surface area contributed by atoms with Crippen molar-refractivity contribution in [2.45, 2.75) is 13.8 Å². The predicted molar refractivity (Wildman–Crippen MR) is 94.5 cm³/mol. The van der Waals surface area contributed by atoms with Gasteiger partial charge in [0.15, 0.2) is 0 Å². The maximum atomic E-state index is 12.0. The number of aryl methyl sites for hydroxylation is 2. The number of benzene rings is 1. The molecule has 0 aliphatic rings. The Morgan fingerprint density at radius 3 is 2.83 bits per heavy atom. The molecule has 0 saturated carbocycles. The molecule has 0 aliphatic carbocycles. The summed E-state index contributed by atoms with van der Waals surface area (Å²) in [5, 5.41) is 7.92. The number of fused-ring (bicyclic) bond motifs is 1. The van der Waals surface area contributed by atoms with Crippen LogP contribution in [0.1, 0.15) is 16.1 Å². The zero-order valence-electron chi connectivity index (χ0n) is 12.3. The summed E-state index contributed by atoms with van der Waals surface area (Å²) in [6, 6.07) is 5.07. The van der Waals surface area contributed by atoms with E-state index in [-0.39, 0.29) is 11.9 Å². The van der Waals surface area contributed by atoms with Crippen LogP contribution in [0.4, 0.5) is 5.95 Å². The number of aromatic nitrogens is 3. The second-order valence-corrected chi connectivity index (χ2v) is 6.89.